The van der Waals surface area contributed by atoms with E-state index in [4.69, 9.17) is 23.2 Å². The molecule has 0 fully saturated rings. The highest BCUT2D eigenvalue weighted by molar-refractivity contribution is 7.86. The van der Waals surface area contributed by atoms with Gasteiger partial charge in [0.05, 0.1) is 4.90 Å². The van der Waals surface area contributed by atoms with Gasteiger partial charge in [-0.25, -0.2) is 0 Å². The average Bonchev–Trinajstić information content (AvgIpc) is 2.50. The van der Waals surface area contributed by atoms with Crippen LogP contribution in [0.25, 0.3) is 10.8 Å². The molecule has 0 aliphatic rings. The van der Waals surface area contributed by atoms with Gasteiger partial charge in [-0.05, 0) is 52.9 Å². The van der Waals surface area contributed by atoms with E-state index < -0.39 is 30.0 Å². The zero-order valence-electron chi connectivity index (χ0n) is 12.8. The number of hydrogen-bond donors (Lipinski definition) is 3. The van der Waals surface area contributed by atoms with Crippen LogP contribution in [-0.4, -0.2) is 40.9 Å². The first-order valence-corrected chi connectivity index (χ1v) is 10.4. The summed E-state index contributed by atoms with van der Waals surface area (Å²) in [5.41, 5.74) is 0.314. The summed E-state index contributed by atoms with van der Waals surface area (Å²) in [5.74, 6) is -0.0136. The number of hydrogen-bond acceptors (Lipinski definition) is 8. The van der Waals surface area contributed by atoms with E-state index >= 15 is 0 Å². The van der Waals surface area contributed by atoms with Crippen LogP contribution in [0.2, 0.25) is 10.6 Å². The fourth-order valence-corrected chi connectivity index (χ4v) is 3.98. The second-order valence-electron chi connectivity index (χ2n) is 5.13. The Morgan fingerprint density at radius 3 is 2.04 bits per heavy atom. The van der Waals surface area contributed by atoms with E-state index in [1.165, 1.54) is 18.2 Å². The van der Waals surface area contributed by atoms with Crippen molar-refractivity contribution in [2.75, 3.05) is 5.32 Å². The molecule has 142 valence electrons. The normalized spacial score (nSPS) is 12.3. The van der Waals surface area contributed by atoms with Gasteiger partial charge in [0.2, 0.25) is 16.5 Å². The maximum absolute atomic E-state index is 11.6. The number of nitrogens with one attached hydrogen (secondary N) is 1. The lowest BCUT2D eigenvalue weighted by Crippen LogP contribution is -2.05. The maximum atomic E-state index is 11.6. The highest BCUT2D eigenvalue weighted by Crippen LogP contribution is 2.30. The second kappa shape index (κ2) is 6.82. The van der Waals surface area contributed by atoms with Gasteiger partial charge in [0, 0.05) is 11.1 Å². The highest BCUT2D eigenvalue weighted by atomic mass is 35.5. The van der Waals surface area contributed by atoms with E-state index in [0.29, 0.717) is 11.8 Å². The molecule has 0 amide bonds. The molecule has 3 N–H and O–H groups in total. The predicted octanol–water partition coefficient (Wildman–Crippen LogP) is 2.57. The Bertz CT molecular complexity index is 1260. The van der Waals surface area contributed by atoms with E-state index in [0.717, 1.165) is 6.07 Å². The van der Waals surface area contributed by atoms with E-state index in [9.17, 15) is 25.9 Å². The first kappa shape index (κ1) is 19.7. The van der Waals surface area contributed by atoms with Crippen molar-refractivity contribution >= 4 is 65.8 Å². The smallest absolute Gasteiger partial charge is 0.295 e. The van der Waals surface area contributed by atoms with Crippen molar-refractivity contribution in [1.82, 2.24) is 15.0 Å². The molecular weight excluding hydrogens is 443 g/mol. The molecule has 0 bridgehead atoms. The summed E-state index contributed by atoms with van der Waals surface area (Å²) in [6.45, 7) is 0. The Hall–Kier alpha value is -2.09. The zero-order chi connectivity index (χ0) is 20.0. The summed E-state index contributed by atoms with van der Waals surface area (Å²) in [4.78, 5) is 9.80. The number of rotatable bonds is 4. The van der Waals surface area contributed by atoms with Crippen LogP contribution in [0.4, 0.5) is 11.6 Å². The Labute approximate surface area is 162 Å². The molecule has 0 saturated carbocycles. The molecule has 27 heavy (non-hydrogen) atoms. The third-order valence-electron chi connectivity index (χ3n) is 3.30. The summed E-state index contributed by atoms with van der Waals surface area (Å²) in [6.07, 6.45) is 0. The molecule has 0 saturated heterocycles. The number of halogens is 2. The van der Waals surface area contributed by atoms with Crippen LogP contribution in [0.5, 0.6) is 0 Å². The fraction of sp³-hybridized carbons (Fsp3) is 0. The molecule has 1 heterocycles. The van der Waals surface area contributed by atoms with Crippen LogP contribution >= 0.6 is 23.2 Å². The van der Waals surface area contributed by atoms with E-state index in [-0.39, 0.29) is 27.3 Å². The quantitative estimate of drug-likeness (QED) is 0.503. The third-order valence-corrected chi connectivity index (χ3v) is 5.36. The topological polar surface area (TPSA) is 159 Å². The lowest BCUT2D eigenvalue weighted by molar-refractivity contribution is 0.482. The number of anilines is 2. The molecule has 2 aromatic carbocycles. The molecule has 0 unspecified atom stereocenters. The standard InChI is InChI=1S/C13H8Cl2N4O6S2/c14-11-17-12(15)19-13(18-11)16-7-1-2-9-6(3-7)4-8(26(20,21)22)5-10(9)27(23,24)25/h1-5H,(H,20,21,22)(H,23,24,25)(H,16,17,18,19). The first-order valence-electron chi connectivity index (χ1n) is 6.80. The van der Waals surface area contributed by atoms with Crippen molar-refractivity contribution < 1.29 is 25.9 Å². The lowest BCUT2D eigenvalue weighted by Gasteiger charge is -2.10. The lowest BCUT2D eigenvalue weighted by atomic mass is 10.1. The van der Waals surface area contributed by atoms with Crippen molar-refractivity contribution in [1.29, 1.82) is 0 Å². The van der Waals surface area contributed by atoms with Gasteiger partial charge < -0.3 is 5.32 Å². The van der Waals surface area contributed by atoms with E-state index in [2.05, 4.69) is 20.3 Å². The van der Waals surface area contributed by atoms with Crippen molar-refractivity contribution in [3.8, 4) is 0 Å². The van der Waals surface area contributed by atoms with Gasteiger partial charge in [-0.1, -0.05) is 6.07 Å². The minimum atomic E-state index is -4.76. The molecule has 3 aromatic rings. The Morgan fingerprint density at radius 1 is 0.852 bits per heavy atom. The molecule has 10 nitrogen and oxygen atoms in total. The number of benzene rings is 2. The summed E-state index contributed by atoms with van der Waals surface area (Å²) < 4.78 is 64.6. The molecule has 0 radical (unpaired) electrons. The number of fused-ring (bicyclic) bond motifs is 1. The van der Waals surface area contributed by atoms with Gasteiger partial charge in [0.15, 0.2) is 0 Å². The molecule has 0 aliphatic carbocycles. The Balaban J connectivity index is 2.19. The van der Waals surface area contributed by atoms with Crippen molar-refractivity contribution in [3.05, 3.63) is 40.9 Å². The molecular formula is C13H8Cl2N4O6S2. The summed E-state index contributed by atoms with van der Waals surface area (Å²) in [6, 6.07) is 5.79. The SMILES string of the molecule is O=S(=O)(O)c1cc(S(=O)(=O)O)c2ccc(Nc3nc(Cl)nc(Cl)n3)cc2c1. The van der Waals surface area contributed by atoms with Gasteiger partial charge in [-0.3, -0.25) is 9.11 Å². The first-order chi connectivity index (χ1) is 12.4. The largest absolute Gasteiger partial charge is 0.324 e. The molecule has 0 aliphatic heterocycles. The van der Waals surface area contributed by atoms with Crippen LogP contribution < -0.4 is 5.32 Å². The average molecular weight is 451 g/mol. The summed E-state index contributed by atoms with van der Waals surface area (Å²) >= 11 is 11.4. The van der Waals surface area contributed by atoms with Gasteiger partial charge in [-0.2, -0.15) is 31.8 Å². The molecule has 0 atom stereocenters. The summed E-state index contributed by atoms with van der Waals surface area (Å²) in [7, 11) is -9.48. The minimum Gasteiger partial charge on any atom is -0.324 e. The van der Waals surface area contributed by atoms with Crippen molar-refractivity contribution in [3.63, 3.8) is 0 Å². The molecule has 1 aromatic heterocycles. The molecule has 14 heteroatoms. The molecule has 3 rings (SSSR count). The van der Waals surface area contributed by atoms with Gasteiger partial charge in [0.25, 0.3) is 20.2 Å². The van der Waals surface area contributed by atoms with Crippen LogP contribution in [0, 0.1) is 0 Å². The Kier molecular flexibility index (Phi) is 4.96. The predicted molar refractivity (Wildman–Crippen MR) is 96.7 cm³/mol. The van der Waals surface area contributed by atoms with Gasteiger partial charge >= 0.3 is 0 Å². The van der Waals surface area contributed by atoms with Crippen LogP contribution in [0.1, 0.15) is 0 Å². The van der Waals surface area contributed by atoms with Crippen molar-refractivity contribution in [2.45, 2.75) is 9.79 Å². The third kappa shape index (κ3) is 4.43. The summed E-state index contributed by atoms with van der Waals surface area (Å²) in [5, 5.41) is 2.53. The van der Waals surface area contributed by atoms with Gasteiger partial charge in [0.1, 0.15) is 4.90 Å². The maximum Gasteiger partial charge on any atom is 0.295 e. The second-order valence-corrected chi connectivity index (χ2v) is 8.62. The monoisotopic (exact) mass is 450 g/mol. The van der Waals surface area contributed by atoms with Crippen LogP contribution in [0.3, 0.4) is 0 Å². The van der Waals surface area contributed by atoms with E-state index in [1.807, 2.05) is 0 Å². The van der Waals surface area contributed by atoms with Crippen molar-refractivity contribution in [2.24, 2.45) is 0 Å². The Morgan fingerprint density at radius 2 is 1.48 bits per heavy atom. The van der Waals surface area contributed by atoms with Crippen LogP contribution in [-0.2, 0) is 20.2 Å². The zero-order valence-corrected chi connectivity index (χ0v) is 16.0. The highest BCUT2D eigenvalue weighted by Gasteiger charge is 2.20. The van der Waals surface area contributed by atoms with Gasteiger partial charge in [-0.15, -0.1) is 0 Å². The van der Waals surface area contributed by atoms with Crippen LogP contribution in [0.15, 0.2) is 40.1 Å². The number of aromatic nitrogens is 3. The minimum absolute atomic E-state index is 0.0136. The fourth-order valence-electron chi connectivity index (χ4n) is 2.26. The van der Waals surface area contributed by atoms with E-state index in [1.54, 1.807) is 0 Å². The number of nitrogens with zero attached hydrogens (tertiary/aromatic N) is 3. The molecule has 0 spiro atoms.